The van der Waals surface area contributed by atoms with Gasteiger partial charge in [-0.15, -0.1) is 0 Å². The summed E-state index contributed by atoms with van der Waals surface area (Å²) in [5.74, 6) is 5.07. The molecule has 19 heavy (non-hydrogen) atoms. The molecule has 3 N–H and O–H groups in total. The average Bonchev–Trinajstić information content (AvgIpc) is 2.69. The summed E-state index contributed by atoms with van der Waals surface area (Å²) in [6.07, 6.45) is 1.80. The Kier molecular flexibility index (Phi) is 4.25. The highest BCUT2D eigenvalue weighted by Crippen LogP contribution is 2.33. The number of nitrogens with two attached hydrogens (primary N) is 1. The second-order valence-corrected chi connectivity index (χ2v) is 5.44. The van der Waals surface area contributed by atoms with Crippen molar-refractivity contribution >= 4 is 27.5 Å². The molecular weight excluding hydrogens is 335 g/mol. The van der Waals surface area contributed by atoms with E-state index in [1.165, 1.54) is 0 Å². The Morgan fingerprint density at radius 3 is 2.68 bits per heavy atom. The molecule has 0 spiro atoms. The fourth-order valence-electron chi connectivity index (χ4n) is 2.01. The van der Waals surface area contributed by atoms with E-state index in [1.807, 2.05) is 6.92 Å². The largest absolute Gasteiger partial charge is 0.275 e. The summed E-state index contributed by atoms with van der Waals surface area (Å²) < 4.78 is 16.4. The number of hydrogen-bond acceptors (Lipinski definition) is 3. The molecule has 2 rings (SSSR count). The van der Waals surface area contributed by atoms with Crippen LogP contribution in [0.3, 0.4) is 0 Å². The molecule has 4 nitrogen and oxygen atoms in total. The number of benzene rings is 1. The van der Waals surface area contributed by atoms with Gasteiger partial charge in [-0.25, -0.2) is 9.82 Å². The lowest BCUT2D eigenvalue weighted by atomic mass is 9.99. The van der Waals surface area contributed by atoms with E-state index in [1.54, 1.807) is 30.1 Å². The minimum atomic E-state index is -0.501. The van der Waals surface area contributed by atoms with Gasteiger partial charge < -0.3 is 0 Å². The highest BCUT2D eigenvalue weighted by atomic mass is 79.9. The monoisotopic (exact) mass is 346 g/mol. The van der Waals surface area contributed by atoms with E-state index in [4.69, 9.17) is 17.4 Å². The highest BCUT2D eigenvalue weighted by molar-refractivity contribution is 9.10. The third kappa shape index (κ3) is 2.67. The number of rotatable bonds is 3. The van der Waals surface area contributed by atoms with Crippen LogP contribution in [0.2, 0.25) is 5.02 Å². The van der Waals surface area contributed by atoms with Crippen molar-refractivity contribution in [1.82, 2.24) is 15.2 Å². The first-order chi connectivity index (χ1) is 8.95. The predicted molar refractivity (Wildman–Crippen MR) is 76.2 cm³/mol. The maximum absolute atomic E-state index is 14.2. The van der Waals surface area contributed by atoms with E-state index in [9.17, 15) is 4.39 Å². The van der Waals surface area contributed by atoms with Crippen LogP contribution in [0.4, 0.5) is 4.39 Å². The van der Waals surface area contributed by atoms with E-state index < -0.39 is 11.9 Å². The summed E-state index contributed by atoms with van der Waals surface area (Å²) in [4.78, 5) is 0. The van der Waals surface area contributed by atoms with Crippen molar-refractivity contribution in [2.75, 3.05) is 0 Å². The van der Waals surface area contributed by atoms with Crippen molar-refractivity contribution < 1.29 is 4.39 Å². The Hall–Kier alpha value is -0.950. The van der Waals surface area contributed by atoms with Crippen LogP contribution in [-0.2, 0) is 7.05 Å². The summed E-state index contributed by atoms with van der Waals surface area (Å²) >= 11 is 9.09. The van der Waals surface area contributed by atoms with Gasteiger partial charge in [-0.2, -0.15) is 5.10 Å². The molecule has 102 valence electrons. The van der Waals surface area contributed by atoms with Gasteiger partial charge in [0.05, 0.1) is 16.8 Å². The van der Waals surface area contributed by atoms with Gasteiger partial charge in [-0.1, -0.05) is 17.7 Å². The third-order valence-electron chi connectivity index (χ3n) is 2.91. The highest BCUT2D eigenvalue weighted by Gasteiger charge is 2.22. The molecule has 0 bridgehead atoms. The summed E-state index contributed by atoms with van der Waals surface area (Å²) in [6.45, 7) is 1.85. The molecule has 2 aromatic rings. The number of aryl methyl sites for hydroxylation is 2. The van der Waals surface area contributed by atoms with Gasteiger partial charge in [-0.3, -0.25) is 10.5 Å². The summed E-state index contributed by atoms with van der Waals surface area (Å²) in [6, 6.07) is 2.83. The Bertz CT molecular complexity index is 614. The molecule has 1 aromatic carbocycles. The van der Waals surface area contributed by atoms with Gasteiger partial charge in [0.15, 0.2) is 0 Å². The van der Waals surface area contributed by atoms with Gasteiger partial charge in [0, 0.05) is 28.8 Å². The van der Waals surface area contributed by atoms with E-state index in [0.717, 1.165) is 11.3 Å². The standard InChI is InChI=1S/C12H13BrClFN4/c1-6-8(5-19(2)18-6)12(17-16)7-3-4-9(13)10(14)11(7)15/h3-5,12,17H,16H2,1-2H3. The molecule has 1 atom stereocenters. The van der Waals surface area contributed by atoms with Crippen LogP contribution in [0.1, 0.15) is 22.9 Å². The fraction of sp³-hybridized carbons (Fsp3) is 0.250. The molecular formula is C12H13BrClFN4. The number of nitrogens with one attached hydrogen (secondary N) is 1. The van der Waals surface area contributed by atoms with Crippen molar-refractivity contribution in [3.8, 4) is 0 Å². The molecule has 1 heterocycles. The SMILES string of the molecule is Cc1nn(C)cc1C(NN)c1ccc(Br)c(Cl)c1F. The number of aromatic nitrogens is 2. The minimum absolute atomic E-state index is 0.0410. The van der Waals surface area contributed by atoms with Crippen molar-refractivity contribution in [1.29, 1.82) is 0 Å². The minimum Gasteiger partial charge on any atom is -0.275 e. The zero-order valence-corrected chi connectivity index (χ0v) is 12.8. The molecule has 0 fully saturated rings. The number of hydrogen-bond donors (Lipinski definition) is 2. The average molecular weight is 348 g/mol. The lowest BCUT2D eigenvalue weighted by Crippen LogP contribution is -2.29. The molecule has 0 aliphatic heterocycles. The van der Waals surface area contributed by atoms with E-state index >= 15 is 0 Å². The van der Waals surface area contributed by atoms with Crippen LogP contribution in [0.15, 0.2) is 22.8 Å². The quantitative estimate of drug-likeness (QED) is 0.510. The molecule has 7 heteroatoms. The summed E-state index contributed by atoms with van der Waals surface area (Å²) in [7, 11) is 1.80. The van der Waals surface area contributed by atoms with Crippen LogP contribution >= 0.6 is 27.5 Å². The fourth-order valence-corrected chi connectivity index (χ4v) is 2.49. The maximum atomic E-state index is 14.2. The first-order valence-corrected chi connectivity index (χ1v) is 6.72. The van der Waals surface area contributed by atoms with Gasteiger partial charge in [0.25, 0.3) is 0 Å². The molecule has 1 unspecified atom stereocenters. The van der Waals surface area contributed by atoms with Crippen molar-refractivity contribution in [2.24, 2.45) is 12.9 Å². The van der Waals surface area contributed by atoms with Crippen molar-refractivity contribution in [3.05, 3.63) is 50.5 Å². The summed E-state index contributed by atoms with van der Waals surface area (Å²) in [5.41, 5.74) is 4.58. The molecule has 0 radical (unpaired) electrons. The second-order valence-electron chi connectivity index (χ2n) is 4.21. The van der Waals surface area contributed by atoms with E-state index in [0.29, 0.717) is 10.0 Å². The van der Waals surface area contributed by atoms with Gasteiger partial charge >= 0.3 is 0 Å². The zero-order chi connectivity index (χ0) is 14.2. The Morgan fingerprint density at radius 1 is 1.47 bits per heavy atom. The lowest BCUT2D eigenvalue weighted by Gasteiger charge is -2.17. The van der Waals surface area contributed by atoms with Crippen LogP contribution in [0.25, 0.3) is 0 Å². The zero-order valence-electron chi connectivity index (χ0n) is 10.4. The van der Waals surface area contributed by atoms with Crippen LogP contribution in [-0.4, -0.2) is 9.78 Å². The summed E-state index contributed by atoms with van der Waals surface area (Å²) in [5, 5.41) is 4.27. The molecule has 1 aromatic heterocycles. The Balaban J connectivity index is 2.54. The number of hydrazine groups is 1. The molecule has 0 aliphatic rings. The topological polar surface area (TPSA) is 55.9 Å². The van der Waals surface area contributed by atoms with Gasteiger partial charge in [-0.05, 0) is 28.9 Å². The molecule has 0 amide bonds. The smallest absolute Gasteiger partial charge is 0.148 e. The molecule has 0 aliphatic carbocycles. The molecule has 0 saturated carbocycles. The number of nitrogens with zero attached hydrogens (tertiary/aromatic N) is 2. The van der Waals surface area contributed by atoms with Gasteiger partial charge in [0.1, 0.15) is 5.82 Å². The predicted octanol–water partition coefficient (Wildman–Crippen LogP) is 2.84. The first kappa shape index (κ1) is 14.5. The van der Waals surface area contributed by atoms with Crippen molar-refractivity contribution in [3.63, 3.8) is 0 Å². The first-order valence-electron chi connectivity index (χ1n) is 5.55. The molecule has 0 saturated heterocycles. The van der Waals surface area contributed by atoms with Gasteiger partial charge in [0.2, 0.25) is 0 Å². The Labute approximate surface area is 123 Å². The van der Waals surface area contributed by atoms with Crippen LogP contribution in [0.5, 0.6) is 0 Å². The Morgan fingerprint density at radius 2 is 2.16 bits per heavy atom. The van der Waals surface area contributed by atoms with Crippen LogP contribution in [0, 0.1) is 12.7 Å². The van der Waals surface area contributed by atoms with E-state index in [2.05, 4.69) is 26.5 Å². The van der Waals surface area contributed by atoms with Crippen LogP contribution < -0.4 is 11.3 Å². The normalized spacial score (nSPS) is 12.7. The second kappa shape index (κ2) is 5.58. The van der Waals surface area contributed by atoms with Crippen molar-refractivity contribution in [2.45, 2.75) is 13.0 Å². The van der Waals surface area contributed by atoms with E-state index in [-0.39, 0.29) is 5.02 Å². The number of halogens is 3. The maximum Gasteiger partial charge on any atom is 0.148 e. The lowest BCUT2D eigenvalue weighted by molar-refractivity contribution is 0.558. The third-order valence-corrected chi connectivity index (χ3v) is 4.16.